The summed E-state index contributed by atoms with van der Waals surface area (Å²) < 4.78 is 15.4. The molecule has 0 fully saturated rings. The molecule has 0 aromatic carbocycles. The van der Waals surface area contributed by atoms with Gasteiger partial charge in [0.1, 0.15) is 0 Å². The second-order valence-corrected chi connectivity index (χ2v) is 4.11. The van der Waals surface area contributed by atoms with Gasteiger partial charge in [0, 0.05) is 27.3 Å². The second-order valence-electron chi connectivity index (χ2n) is 4.11. The molecule has 18 heavy (non-hydrogen) atoms. The maximum atomic E-state index is 5.41. The Bertz CT molecular complexity index is 319. The number of aromatic nitrogens is 2. The highest BCUT2D eigenvalue weighted by atomic mass is 16.5. The van der Waals surface area contributed by atoms with Crippen molar-refractivity contribution in [3.05, 3.63) is 5.89 Å². The van der Waals surface area contributed by atoms with E-state index in [4.69, 9.17) is 13.9 Å². The van der Waals surface area contributed by atoms with Crippen molar-refractivity contribution < 1.29 is 13.9 Å². The fraction of sp³-hybridized carbons (Fsp3) is 0.818. The molecule has 1 aromatic heterocycles. The molecule has 0 amide bonds. The summed E-state index contributed by atoms with van der Waals surface area (Å²) in [6.07, 6.45) is 0. The molecular formula is C11H22N4O3. The minimum Gasteiger partial charge on any atom is -0.407 e. The van der Waals surface area contributed by atoms with Gasteiger partial charge in [-0.25, -0.2) is 0 Å². The first kappa shape index (κ1) is 14.9. The van der Waals surface area contributed by atoms with E-state index < -0.39 is 0 Å². The van der Waals surface area contributed by atoms with E-state index in [2.05, 4.69) is 27.8 Å². The highest BCUT2D eigenvalue weighted by molar-refractivity contribution is 5.16. The van der Waals surface area contributed by atoms with Crippen LogP contribution < -0.4 is 10.6 Å². The lowest BCUT2D eigenvalue weighted by molar-refractivity contribution is 0.164. The van der Waals surface area contributed by atoms with Gasteiger partial charge in [0.15, 0.2) is 0 Å². The Hall–Kier alpha value is -1.18. The minimum absolute atomic E-state index is 0.394. The van der Waals surface area contributed by atoms with Crippen LogP contribution in [0, 0.1) is 5.92 Å². The Labute approximate surface area is 107 Å². The van der Waals surface area contributed by atoms with Gasteiger partial charge in [0.25, 0.3) is 0 Å². The number of ether oxygens (including phenoxy) is 2. The largest absolute Gasteiger partial charge is 0.407 e. The smallest absolute Gasteiger partial charge is 0.315 e. The van der Waals surface area contributed by atoms with E-state index in [1.54, 1.807) is 14.2 Å². The lowest BCUT2D eigenvalue weighted by atomic mass is 10.2. The third kappa shape index (κ3) is 5.95. The number of hydrogen-bond acceptors (Lipinski definition) is 7. The molecule has 0 spiro atoms. The first-order valence-electron chi connectivity index (χ1n) is 6.01. The van der Waals surface area contributed by atoms with Crippen LogP contribution >= 0.6 is 0 Å². The molecule has 1 heterocycles. The van der Waals surface area contributed by atoms with Crippen molar-refractivity contribution in [3.63, 3.8) is 0 Å². The first-order valence-corrected chi connectivity index (χ1v) is 6.01. The van der Waals surface area contributed by atoms with Gasteiger partial charge in [0.05, 0.1) is 19.8 Å². The predicted octanol–water partition coefficient (Wildman–Crippen LogP) is 0.500. The summed E-state index contributed by atoms with van der Waals surface area (Å²) in [6.45, 7) is 5.49. The van der Waals surface area contributed by atoms with Crippen LogP contribution in [0.2, 0.25) is 0 Å². The second kappa shape index (κ2) is 8.84. The number of nitrogens with zero attached hydrogens (tertiary/aromatic N) is 2. The predicted molar refractivity (Wildman–Crippen MR) is 67.4 cm³/mol. The van der Waals surface area contributed by atoms with Crippen molar-refractivity contribution >= 4 is 6.01 Å². The van der Waals surface area contributed by atoms with Gasteiger partial charge in [-0.15, -0.1) is 5.10 Å². The summed E-state index contributed by atoms with van der Waals surface area (Å²) in [4.78, 5) is 0. The standard InChI is InChI=1S/C11H22N4O3/c1-9(8-17-3)6-13-11-15-14-10(18-11)7-12-4-5-16-2/h9,12H,4-8H2,1-3H3,(H,13,15). The van der Waals surface area contributed by atoms with Crippen molar-refractivity contribution in [1.29, 1.82) is 0 Å². The topological polar surface area (TPSA) is 81.4 Å². The van der Waals surface area contributed by atoms with Gasteiger partial charge in [-0.3, -0.25) is 0 Å². The molecule has 0 aliphatic heterocycles. The molecule has 7 heteroatoms. The van der Waals surface area contributed by atoms with Gasteiger partial charge in [-0.2, -0.15) is 0 Å². The third-order valence-corrected chi connectivity index (χ3v) is 2.28. The molecule has 1 rings (SSSR count). The first-order chi connectivity index (χ1) is 8.76. The summed E-state index contributed by atoms with van der Waals surface area (Å²) >= 11 is 0. The van der Waals surface area contributed by atoms with Gasteiger partial charge in [-0.1, -0.05) is 12.0 Å². The number of nitrogens with one attached hydrogen (secondary N) is 2. The van der Waals surface area contributed by atoms with Crippen LogP contribution in [0.4, 0.5) is 6.01 Å². The average Bonchev–Trinajstić information content (AvgIpc) is 2.81. The summed E-state index contributed by atoms with van der Waals surface area (Å²) in [5.41, 5.74) is 0. The fourth-order valence-electron chi connectivity index (χ4n) is 1.37. The molecular weight excluding hydrogens is 236 g/mol. The van der Waals surface area contributed by atoms with E-state index in [0.717, 1.165) is 13.1 Å². The Morgan fingerprint density at radius 2 is 2.11 bits per heavy atom. The van der Waals surface area contributed by atoms with E-state index in [1.807, 2.05) is 0 Å². The molecule has 7 nitrogen and oxygen atoms in total. The zero-order chi connectivity index (χ0) is 13.2. The minimum atomic E-state index is 0.394. The lowest BCUT2D eigenvalue weighted by Gasteiger charge is -2.09. The summed E-state index contributed by atoms with van der Waals surface area (Å²) in [6, 6.07) is 0.446. The van der Waals surface area contributed by atoms with Crippen LogP contribution in [0.25, 0.3) is 0 Å². The Morgan fingerprint density at radius 3 is 2.83 bits per heavy atom. The molecule has 0 aliphatic rings. The lowest BCUT2D eigenvalue weighted by Crippen LogP contribution is -2.18. The molecule has 1 unspecified atom stereocenters. The van der Waals surface area contributed by atoms with Gasteiger partial charge in [-0.05, 0) is 5.92 Å². The zero-order valence-corrected chi connectivity index (χ0v) is 11.2. The number of methoxy groups -OCH3 is 2. The Morgan fingerprint density at radius 1 is 1.28 bits per heavy atom. The molecule has 104 valence electrons. The van der Waals surface area contributed by atoms with Gasteiger partial charge < -0.3 is 24.5 Å². The molecule has 1 aromatic rings. The molecule has 0 aliphatic carbocycles. The van der Waals surface area contributed by atoms with Crippen LogP contribution in [0.5, 0.6) is 0 Å². The van der Waals surface area contributed by atoms with Crippen LogP contribution in [0.3, 0.4) is 0 Å². The van der Waals surface area contributed by atoms with Crippen LogP contribution in [-0.4, -0.2) is 50.7 Å². The molecule has 0 saturated carbocycles. The van der Waals surface area contributed by atoms with Crippen molar-refractivity contribution in [3.8, 4) is 0 Å². The number of rotatable bonds is 10. The van der Waals surface area contributed by atoms with Crippen LogP contribution in [0.1, 0.15) is 12.8 Å². The maximum Gasteiger partial charge on any atom is 0.315 e. The Kier molecular flexibility index (Phi) is 7.31. The maximum absolute atomic E-state index is 5.41. The monoisotopic (exact) mass is 258 g/mol. The number of hydrogen-bond donors (Lipinski definition) is 2. The SMILES string of the molecule is COCCNCc1nnc(NCC(C)COC)o1. The zero-order valence-electron chi connectivity index (χ0n) is 11.2. The van der Waals surface area contributed by atoms with E-state index in [-0.39, 0.29) is 0 Å². The van der Waals surface area contributed by atoms with Crippen molar-refractivity contribution in [1.82, 2.24) is 15.5 Å². The van der Waals surface area contributed by atoms with Gasteiger partial charge in [0.2, 0.25) is 5.89 Å². The van der Waals surface area contributed by atoms with E-state index in [1.165, 1.54) is 0 Å². The highest BCUT2D eigenvalue weighted by Crippen LogP contribution is 2.06. The molecule has 0 radical (unpaired) electrons. The fourth-order valence-corrected chi connectivity index (χ4v) is 1.37. The van der Waals surface area contributed by atoms with Gasteiger partial charge >= 0.3 is 6.01 Å². The van der Waals surface area contributed by atoms with E-state index >= 15 is 0 Å². The normalized spacial score (nSPS) is 12.6. The molecule has 2 N–H and O–H groups in total. The van der Waals surface area contributed by atoms with E-state index in [0.29, 0.717) is 37.6 Å². The summed E-state index contributed by atoms with van der Waals surface area (Å²) in [5.74, 6) is 0.957. The van der Waals surface area contributed by atoms with Crippen molar-refractivity contribution in [2.24, 2.45) is 5.92 Å². The highest BCUT2D eigenvalue weighted by Gasteiger charge is 2.07. The summed E-state index contributed by atoms with van der Waals surface area (Å²) in [5, 5.41) is 14.0. The molecule has 0 bridgehead atoms. The van der Waals surface area contributed by atoms with E-state index in [9.17, 15) is 0 Å². The average molecular weight is 258 g/mol. The summed E-state index contributed by atoms with van der Waals surface area (Å²) in [7, 11) is 3.35. The molecule has 1 atom stereocenters. The number of anilines is 1. The third-order valence-electron chi connectivity index (χ3n) is 2.28. The quantitative estimate of drug-likeness (QED) is 0.591. The van der Waals surface area contributed by atoms with Crippen LogP contribution in [-0.2, 0) is 16.0 Å². The Balaban J connectivity index is 2.21. The van der Waals surface area contributed by atoms with Crippen molar-refractivity contribution in [2.75, 3.05) is 45.8 Å². The van der Waals surface area contributed by atoms with Crippen LogP contribution in [0.15, 0.2) is 4.42 Å². The molecule has 0 saturated heterocycles. The van der Waals surface area contributed by atoms with Crippen molar-refractivity contribution in [2.45, 2.75) is 13.5 Å².